The van der Waals surface area contributed by atoms with E-state index < -0.39 is 0 Å². The second-order valence-corrected chi connectivity index (χ2v) is 6.26. The Hall–Kier alpha value is -3.00. The standard InChI is InChI=1S/C18H17N3O4S/c1-3-24-17(23)13-6-4-12(5-7-13)14-8-9-15(25-14)16-19-18(21-20-16)26-10-11(2)22/h4-9,22H,2-3,10H2,1H3,(H,19,20,21). The topological polar surface area (TPSA) is 101 Å². The Morgan fingerprint density at radius 1 is 1.23 bits per heavy atom. The Labute approximate surface area is 154 Å². The molecule has 0 bridgehead atoms. The molecule has 0 unspecified atom stereocenters. The zero-order chi connectivity index (χ0) is 18.5. The summed E-state index contributed by atoms with van der Waals surface area (Å²) in [4.78, 5) is 14.7. The summed E-state index contributed by atoms with van der Waals surface area (Å²) < 4.78 is 10.8. The largest absolute Gasteiger partial charge is 0.512 e. The first kappa shape index (κ1) is 17.8. The highest BCUT2D eigenvalue weighted by molar-refractivity contribution is 7.99. The zero-order valence-electron chi connectivity index (χ0n) is 14.1. The highest BCUT2D eigenvalue weighted by Gasteiger charge is 2.13. The van der Waals surface area contributed by atoms with E-state index >= 15 is 0 Å². The van der Waals surface area contributed by atoms with Gasteiger partial charge in [0.15, 0.2) is 16.7 Å². The Morgan fingerprint density at radius 2 is 1.96 bits per heavy atom. The van der Waals surface area contributed by atoms with E-state index in [1.165, 1.54) is 11.8 Å². The fourth-order valence-corrected chi connectivity index (χ4v) is 2.75. The first-order chi connectivity index (χ1) is 12.6. The number of thioether (sulfide) groups is 1. The van der Waals surface area contributed by atoms with Gasteiger partial charge < -0.3 is 19.2 Å². The second-order valence-electron chi connectivity index (χ2n) is 5.30. The van der Waals surface area contributed by atoms with Crippen LogP contribution in [0.1, 0.15) is 17.3 Å². The van der Waals surface area contributed by atoms with Gasteiger partial charge in [-0.1, -0.05) is 30.5 Å². The summed E-state index contributed by atoms with van der Waals surface area (Å²) in [6.07, 6.45) is 0. The van der Waals surface area contributed by atoms with E-state index in [0.29, 0.717) is 40.4 Å². The number of rotatable bonds is 7. The molecule has 0 aliphatic rings. The minimum atomic E-state index is -0.351. The number of furan rings is 1. The molecule has 134 valence electrons. The van der Waals surface area contributed by atoms with E-state index in [1.807, 2.05) is 6.07 Å². The van der Waals surface area contributed by atoms with Crippen molar-refractivity contribution >= 4 is 17.7 Å². The Morgan fingerprint density at radius 3 is 2.65 bits per heavy atom. The number of carbonyl (C=O) groups is 1. The normalized spacial score (nSPS) is 10.7. The van der Waals surface area contributed by atoms with Crippen molar-refractivity contribution in [3.05, 3.63) is 54.3 Å². The monoisotopic (exact) mass is 371 g/mol. The number of aliphatic hydroxyl groups excluding tert-OH is 1. The maximum atomic E-state index is 11.7. The predicted octanol–water partition coefficient (Wildman–Crippen LogP) is 4.07. The number of aromatic amines is 1. The van der Waals surface area contributed by atoms with Gasteiger partial charge in [-0.05, 0) is 31.2 Å². The number of aromatic nitrogens is 3. The summed E-state index contributed by atoms with van der Waals surface area (Å²) in [5.41, 5.74) is 1.32. The fourth-order valence-electron chi connectivity index (χ4n) is 2.18. The molecule has 0 saturated heterocycles. The van der Waals surface area contributed by atoms with Gasteiger partial charge in [-0.2, -0.15) is 0 Å². The number of esters is 1. The third kappa shape index (κ3) is 4.15. The van der Waals surface area contributed by atoms with Crippen LogP contribution in [0.15, 0.2) is 58.3 Å². The van der Waals surface area contributed by atoms with Crippen LogP contribution in [0.4, 0.5) is 0 Å². The number of nitrogens with one attached hydrogen (secondary N) is 1. The van der Waals surface area contributed by atoms with Crippen LogP contribution in [0, 0.1) is 0 Å². The van der Waals surface area contributed by atoms with Crippen molar-refractivity contribution in [1.82, 2.24) is 15.2 Å². The van der Waals surface area contributed by atoms with Crippen LogP contribution in [0.25, 0.3) is 22.9 Å². The average molecular weight is 371 g/mol. The lowest BCUT2D eigenvalue weighted by Gasteiger charge is -2.02. The first-order valence-corrected chi connectivity index (χ1v) is 8.85. The second kappa shape index (κ2) is 7.92. The lowest BCUT2D eigenvalue weighted by Crippen LogP contribution is -2.03. The molecule has 3 aromatic rings. The maximum absolute atomic E-state index is 11.7. The summed E-state index contributed by atoms with van der Waals surface area (Å²) in [6.45, 7) is 5.53. The van der Waals surface area contributed by atoms with Gasteiger partial charge in [0, 0.05) is 5.56 Å². The van der Waals surface area contributed by atoms with Crippen LogP contribution in [-0.2, 0) is 4.74 Å². The number of hydrogen-bond acceptors (Lipinski definition) is 7. The molecule has 2 aromatic heterocycles. The van der Waals surface area contributed by atoms with Crippen molar-refractivity contribution in [1.29, 1.82) is 0 Å². The molecule has 3 rings (SSSR count). The van der Waals surface area contributed by atoms with Gasteiger partial charge in [-0.15, -0.1) is 10.2 Å². The average Bonchev–Trinajstić information content (AvgIpc) is 3.29. The SMILES string of the molecule is C=C(O)CSc1nnc(-c2ccc(-c3ccc(C(=O)OCC)cc3)o2)[nH]1. The van der Waals surface area contributed by atoms with Crippen LogP contribution in [0.3, 0.4) is 0 Å². The minimum Gasteiger partial charge on any atom is -0.512 e. The van der Waals surface area contributed by atoms with E-state index in [4.69, 9.17) is 14.3 Å². The molecule has 0 atom stereocenters. The lowest BCUT2D eigenvalue weighted by atomic mass is 10.1. The molecule has 0 spiro atoms. The van der Waals surface area contributed by atoms with Gasteiger partial charge in [0.05, 0.1) is 23.7 Å². The van der Waals surface area contributed by atoms with Crippen LogP contribution in [0.2, 0.25) is 0 Å². The number of benzene rings is 1. The minimum absolute atomic E-state index is 0.0690. The Bertz CT molecular complexity index is 915. The number of H-pyrrole nitrogens is 1. The molecule has 7 nitrogen and oxygen atoms in total. The van der Waals surface area contributed by atoms with Crippen molar-refractivity contribution in [2.75, 3.05) is 12.4 Å². The van der Waals surface area contributed by atoms with E-state index in [0.717, 1.165) is 5.56 Å². The summed E-state index contributed by atoms with van der Waals surface area (Å²) in [5.74, 6) is 1.73. The fraction of sp³-hybridized carbons (Fsp3) is 0.167. The highest BCUT2D eigenvalue weighted by Crippen LogP contribution is 2.28. The smallest absolute Gasteiger partial charge is 0.338 e. The number of carbonyl (C=O) groups excluding carboxylic acids is 1. The third-order valence-corrected chi connectivity index (χ3v) is 4.30. The molecule has 0 radical (unpaired) electrons. The van der Waals surface area contributed by atoms with Crippen molar-refractivity contribution in [3.63, 3.8) is 0 Å². The molecular weight excluding hydrogens is 354 g/mol. The molecule has 0 amide bonds. The van der Waals surface area contributed by atoms with Crippen molar-refractivity contribution in [2.45, 2.75) is 12.1 Å². The molecule has 0 aliphatic heterocycles. The molecule has 0 fully saturated rings. The molecule has 1 aromatic carbocycles. The van der Waals surface area contributed by atoms with Crippen LogP contribution < -0.4 is 0 Å². The zero-order valence-corrected chi connectivity index (χ0v) is 14.9. The van der Waals surface area contributed by atoms with Crippen molar-refractivity contribution < 1.29 is 19.1 Å². The molecule has 0 saturated carbocycles. The number of aliphatic hydroxyl groups is 1. The molecule has 2 N–H and O–H groups in total. The van der Waals surface area contributed by atoms with Gasteiger partial charge in [0.2, 0.25) is 0 Å². The lowest BCUT2D eigenvalue weighted by molar-refractivity contribution is 0.0526. The Kier molecular flexibility index (Phi) is 5.43. The quantitative estimate of drug-likeness (QED) is 0.367. The highest BCUT2D eigenvalue weighted by atomic mass is 32.2. The maximum Gasteiger partial charge on any atom is 0.338 e. The van der Waals surface area contributed by atoms with Crippen molar-refractivity contribution in [3.8, 4) is 22.9 Å². The number of hydrogen-bond donors (Lipinski definition) is 2. The summed E-state index contributed by atoms with van der Waals surface area (Å²) in [7, 11) is 0. The third-order valence-electron chi connectivity index (χ3n) is 3.36. The van der Waals surface area contributed by atoms with Gasteiger partial charge in [-0.25, -0.2) is 4.79 Å². The van der Waals surface area contributed by atoms with Crippen LogP contribution in [0.5, 0.6) is 0 Å². The molecule has 26 heavy (non-hydrogen) atoms. The molecule has 0 aliphatic carbocycles. The van der Waals surface area contributed by atoms with Gasteiger partial charge >= 0.3 is 5.97 Å². The van der Waals surface area contributed by atoms with Crippen molar-refractivity contribution in [2.24, 2.45) is 0 Å². The number of nitrogens with zero attached hydrogens (tertiary/aromatic N) is 2. The predicted molar refractivity (Wildman–Crippen MR) is 98.0 cm³/mol. The van der Waals surface area contributed by atoms with Gasteiger partial charge in [0.1, 0.15) is 5.76 Å². The summed E-state index contributed by atoms with van der Waals surface area (Å²) in [5, 5.41) is 17.7. The van der Waals surface area contributed by atoms with Gasteiger partial charge in [-0.3, -0.25) is 0 Å². The molecular formula is C18H17N3O4S. The van der Waals surface area contributed by atoms with E-state index in [2.05, 4.69) is 21.8 Å². The Balaban J connectivity index is 1.73. The van der Waals surface area contributed by atoms with E-state index in [9.17, 15) is 4.79 Å². The van der Waals surface area contributed by atoms with E-state index in [-0.39, 0.29) is 11.7 Å². The summed E-state index contributed by atoms with van der Waals surface area (Å²) >= 11 is 1.29. The van der Waals surface area contributed by atoms with E-state index in [1.54, 1.807) is 37.3 Å². The molecule has 8 heteroatoms. The van der Waals surface area contributed by atoms with Gasteiger partial charge in [0.25, 0.3) is 0 Å². The van der Waals surface area contributed by atoms with Crippen LogP contribution in [-0.4, -0.2) is 38.6 Å². The first-order valence-electron chi connectivity index (χ1n) is 7.87. The summed E-state index contributed by atoms with van der Waals surface area (Å²) in [6, 6.07) is 10.6. The molecule has 2 heterocycles. The number of ether oxygens (including phenoxy) is 1. The van der Waals surface area contributed by atoms with Crippen LogP contribution >= 0.6 is 11.8 Å².